The Morgan fingerprint density at radius 1 is 1.46 bits per heavy atom. The normalized spacial score (nSPS) is 16.6. The highest BCUT2D eigenvalue weighted by Crippen LogP contribution is 2.42. The molecular weight excluding hydrogens is 337 g/mol. The lowest BCUT2D eigenvalue weighted by Gasteiger charge is -2.40. The van der Waals surface area contributed by atoms with E-state index in [0.717, 1.165) is 0 Å². The molecule has 1 amide bonds. The van der Waals surface area contributed by atoms with Gasteiger partial charge in [-0.2, -0.15) is 0 Å². The van der Waals surface area contributed by atoms with Crippen LogP contribution in [-0.2, 0) is 4.74 Å². The van der Waals surface area contributed by atoms with E-state index in [1.165, 1.54) is 18.1 Å². The fourth-order valence-electron chi connectivity index (χ4n) is 2.69. The van der Waals surface area contributed by atoms with Crippen molar-refractivity contribution in [2.24, 2.45) is 0 Å². The summed E-state index contributed by atoms with van der Waals surface area (Å²) in [6.45, 7) is 7.54. The van der Waals surface area contributed by atoms with Crippen LogP contribution in [0, 0.1) is 5.82 Å². The Labute approximate surface area is 146 Å². The fraction of sp³-hybridized carbons (Fsp3) is 0.588. The molecule has 1 saturated heterocycles. The number of rotatable bonds is 3. The Kier molecular flexibility index (Phi) is 5.30. The van der Waals surface area contributed by atoms with Crippen LogP contribution < -0.4 is 4.74 Å². The third kappa shape index (κ3) is 3.75. The van der Waals surface area contributed by atoms with E-state index in [2.05, 4.69) is 0 Å². The molecule has 1 aliphatic heterocycles. The highest BCUT2D eigenvalue weighted by molar-refractivity contribution is 6.31. The van der Waals surface area contributed by atoms with E-state index in [-0.39, 0.29) is 16.7 Å². The molecule has 1 heterocycles. The Morgan fingerprint density at radius 3 is 2.50 bits per heavy atom. The lowest BCUT2D eigenvalue weighted by molar-refractivity contribution is 0.00765. The second-order valence-electron chi connectivity index (χ2n) is 6.97. The summed E-state index contributed by atoms with van der Waals surface area (Å²) in [5.74, 6) is -0.559. The van der Waals surface area contributed by atoms with Crippen LogP contribution in [0.1, 0.15) is 50.8 Å². The first-order valence-corrected chi connectivity index (χ1v) is 8.14. The zero-order chi connectivity index (χ0) is 18.2. The standard InChI is InChI=1S/C17H23ClFNO4/c1-9(21)11-6-12(18)14(19)13(15(11)23-5)10-7-20(8-10)16(22)24-17(2,3)4/h6,9-10,21H,7-8H2,1-5H3. The monoisotopic (exact) mass is 359 g/mol. The SMILES string of the molecule is COc1c(C(C)O)cc(Cl)c(F)c1C1CN(C(=O)OC(C)(C)C)C1. The summed E-state index contributed by atoms with van der Waals surface area (Å²) >= 11 is 5.96. The topological polar surface area (TPSA) is 59.0 Å². The van der Waals surface area contributed by atoms with Gasteiger partial charge in [0, 0.05) is 30.1 Å². The van der Waals surface area contributed by atoms with Crippen molar-refractivity contribution < 1.29 is 23.8 Å². The first kappa shape index (κ1) is 18.8. The Morgan fingerprint density at radius 2 is 2.04 bits per heavy atom. The summed E-state index contributed by atoms with van der Waals surface area (Å²) in [4.78, 5) is 13.5. The van der Waals surface area contributed by atoms with E-state index in [1.54, 1.807) is 27.7 Å². The van der Waals surface area contributed by atoms with Gasteiger partial charge < -0.3 is 19.5 Å². The molecule has 5 nitrogen and oxygen atoms in total. The number of amides is 1. The van der Waals surface area contributed by atoms with Gasteiger partial charge in [-0.1, -0.05) is 11.6 Å². The van der Waals surface area contributed by atoms with Gasteiger partial charge in [-0.05, 0) is 33.8 Å². The zero-order valence-electron chi connectivity index (χ0n) is 14.5. The van der Waals surface area contributed by atoms with Crippen molar-refractivity contribution in [3.8, 4) is 5.75 Å². The van der Waals surface area contributed by atoms with Crippen molar-refractivity contribution in [3.05, 3.63) is 28.0 Å². The molecule has 0 radical (unpaired) electrons. The van der Waals surface area contributed by atoms with Gasteiger partial charge in [0.05, 0.1) is 18.2 Å². The van der Waals surface area contributed by atoms with E-state index in [1.807, 2.05) is 0 Å². The summed E-state index contributed by atoms with van der Waals surface area (Å²) in [6.07, 6.45) is -1.28. The maximum atomic E-state index is 14.5. The molecule has 0 spiro atoms. The lowest BCUT2D eigenvalue weighted by Crippen LogP contribution is -2.50. The summed E-state index contributed by atoms with van der Waals surface area (Å²) < 4.78 is 25.1. The predicted octanol–water partition coefficient (Wildman–Crippen LogP) is 3.88. The summed E-state index contributed by atoms with van der Waals surface area (Å²) in [7, 11) is 1.42. The van der Waals surface area contributed by atoms with Gasteiger partial charge in [0.25, 0.3) is 0 Å². The molecule has 1 aromatic carbocycles. The van der Waals surface area contributed by atoms with E-state index in [9.17, 15) is 14.3 Å². The number of nitrogens with zero attached hydrogens (tertiary/aromatic N) is 1. The van der Waals surface area contributed by atoms with Crippen LogP contribution in [-0.4, -0.2) is 41.9 Å². The number of hydrogen-bond acceptors (Lipinski definition) is 4. The number of methoxy groups -OCH3 is 1. The Hall–Kier alpha value is -1.53. The van der Waals surface area contributed by atoms with Gasteiger partial charge in [0.15, 0.2) is 0 Å². The maximum Gasteiger partial charge on any atom is 0.410 e. The zero-order valence-corrected chi connectivity index (χ0v) is 15.3. The molecule has 1 aliphatic rings. The minimum atomic E-state index is -0.848. The largest absolute Gasteiger partial charge is 0.496 e. The van der Waals surface area contributed by atoms with Gasteiger partial charge in [-0.3, -0.25) is 0 Å². The second-order valence-corrected chi connectivity index (χ2v) is 7.37. The number of ether oxygens (including phenoxy) is 2. The predicted molar refractivity (Wildman–Crippen MR) is 89.1 cm³/mol. The smallest absolute Gasteiger partial charge is 0.410 e. The van der Waals surface area contributed by atoms with E-state index >= 15 is 0 Å². The number of carbonyl (C=O) groups excluding carboxylic acids is 1. The van der Waals surface area contributed by atoms with Crippen LogP contribution in [0.15, 0.2) is 6.07 Å². The van der Waals surface area contributed by atoms with Crippen LogP contribution in [0.4, 0.5) is 9.18 Å². The molecule has 24 heavy (non-hydrogen) atoms. The quantitative estimate of drug-likeness (QED) is 0.889. The van der Waals surface area contributed by atoms with Crippen molar-refractivity contribution in [3.63, 3.8) is 0 Å². The lowest BCUT2D eigenvalue weighted by atomic mass is 9.88. The highest BCUT2D eigenvalue weighted by Gasteiger charge is 2.39. The summed E-state index contributed by atoms with van der Waals surface area (Å²) in [5.41, 5.74) is 0.135. The van der Waals surface area contributed by atoms with Gasteiger partial charge >= 0.3 is 6.09 Å². The number of aliphatic hydroxyl groups excluding tert-OH is 1. The van der Waals surface area contributed by atoms with Crippen LogP contribution in [0.2, 0.25) is 5.02 Å². The van der Waals surface area contributed by atoms with Gasteiger partial charge in [-0.25, -0.2) is 9.18 Å². The average Bonchev–Trinajstić information content (AvgIpc) is 2.39. The Balaban J connectivity index is 2.24. The van der Waals surface area contributed by atoms with Crippen LogP contribution in [0.25, 0.3) is 0 Å². The Bertz CT molecular complexity index is 636. The minimum Gasteiger partial charge on any atom is -0.496 e. The van der Waals surface area contributed by atoms with Crippen molar-refractivity contribution in [1.29, 1.82) is 0 Å². The average molecular weight is 360 g/mol. The summed E-state index contributed by atoms with van der Waals surface area (Å²) in [6, 6.07) is 1.37. The van der Waals surface area contributed by atoms with Crippen LogP contribution >= 0.6 is 11.6 Å². The van der Waals surface area contributed by atoms with Crippen molar-refractivity contribution in [2.75, 3.05) is 20.2 Å². The molecular formula is C17H23ClFNO4. The number of aliphatic hydroxyl groups is 1. The second kappa shape index (κ2) is 6.76. The molecule has 1 atom stereocenters. The molecule has 0 aromatic heterocycles. The molecule has 0 bridgehead atoms. The van der Waals surface area contributed by atoms with Gasteiger partial charge in [0.2, 0.25) is 0 Å². The van der Waals surface area contributed by atoms with Gasteiger partial charge in [-0.15, -0.1) is 0 Å². The molecule has 1 aromatic rings. The third-order valence-electron chi connectivity index (χ3n) is 3.83. The van der Waals surface area contributed by atoms with E-state index in [4.69, 9.17) is 21.1 Å². The minimum absolute atomic E-state index is 0.0718. The summed E-state index contributed by atoms with van der Waals surface area (Å²) in [5, 5.41) is 9.80. The van der Waals surface area contributed by atoms with Crippen LogP contribution in [0.3, 0.4) is 0 Å². The van der Waals surface area contributed by atoms with Crippen molar-refractivity contribution in [2.45, 2.75) is 45.3 Å². The molecule has 1 fully saturated rings. The molecule has 7 heteroatoms. The van der Waals surface area contributed by atoms with Gasteiger partial charge in [0.1, 0.15) is 17.2 Å². The maximum absolute atomic E-state index is 14.5. The third-order valence-corrected chi connectivity index (χ3v) is 4.11. The number of halogens is 2. The highest BCUT2D eigenvalue weighted by atomic mass is 35.5. The molecule has 1 N–H and O–H groups in total. The first-order chi connectivity index (χ1) is 11.0. The first-order valence-electron chi connectivity index (χ1n) is 7.77. The van der Waals surface area contributed by atoms with E-state index in [0.29, 0.717) is 24.2 Å². The number of benzene rings is 1. The molecule has 0 saturated carbocycles. The van der Waals surface area contributed by atoms with Crippen molar-refractivity contribution >= 4 is 17.7 Å². The van der Waals surface area contributed by atoms with Crippen LogP contribution in [0.5, 0.6) is 5.75 Å². The molecule has 1 unspecified atom stereocenters. The van der Waals surface area contributed by atoms with E-state index < -0.39 is 23.6 Å². The molecule has 134 valence electrons. The number of likely N-dealkylation sites (tertiary alicyclic amines) is 1. The number of carbonyl (C=O) groups is 1. The fourth-order valence-corrected chi connectivity index (χ4v) is 2.91. The van der Waals surface area contributed by atoms with Crippen molar-refractivity contribution in [1.82, 2.24) is 4.90 Å². The number of hydrogen-bond donors (Lipinski definition) is 1. The molecule has 0 aliphatic carbocycles. The molecule has 2 rings (SSSR count).